The van der Waals surface area contributed by atoms with Crippen molar-refractivity contribution < 1.29 is 9.53 Å². The topological polar surface area (TPSA) is 101 Å². The van der Waals surface area contributed by atoms with E-state index in [-0.39, 0.29) is 6.09 Å². The number of hydrogen-bond donors (Lipinski definition) is 1. The molecule has 0 atom stereocenters. The van der Waals surface area contributed by atoms with E-state index < -0.39 is 5.60 Å². The molecule has 9 nitrogen and oxygen atoms in total. The molecule has 26 heavy (non-hydrogen) atoms. The first-order valence-corrected chi connectivity index (χ1v) is 8.65. The van der Waals surface area contributed by atoms with Gasteiger partial charge in [-0.15, -0.1) is 10.2 Å². The molecule has 9 heteroatoms. The fraction of sp³-hybridized carbons (Fsp3) is 0.529. The summed E-state index contributed by atoms with van der Waals surface area (Å²) in [6, 6.07) is 5.72. The SMILES string of the molecule is CC(C)(C)OC(=O)N1CCN(C(N)=NCc2nnc3ccccn23)CC1. The lowest BCUT2D eigenvalue weighted by Crippen LogP contribution is -2.53. The van der Waals surface area contributed by atoms with E-state index in [0.717, 1.165) is 11.5 Å². The molecule has 0 aliphatic carbocycles. The molecule has 0 unspecified atom stereocenters. The standard InChI is InChI=1S/C17H25N7O2/c1-17(2,3)26-16(25)23-10-8-22(9-11-23)15(18)19-12-14-21-20-13-6-4-5-7-24(13)14/h4-7H,8-12H2,1-3H3,(H2,18,19). The van der Waals surface area contributed by atoms with E-state index in [9.17, 15) is 4.79 Å². The Morgan fingerprint density at radius 1 is 1.19 bits per heavy atom. The van der Waals surface area contributed by atoms with Crippen molar-refractivity contribution in [2.24, 2.45) is 10.7 Å². The lowest BCUT2D eigenvalue weighted by molar-refractivity contribution is 0.0186. The number of aliphatic imine (C=N–C) groups is 1. The van der Waals surface area contributed by atoms with E-state index in [0.29, 0.717) is 38.7 Å². The molecule has 3 heterocycles. The minimum Gasteiger partial charge on any atom is -0.444 e. The Kier molecular flexibility index (Phi) is 4.97. The van der Waals surface area contributed by atoms with Crippen molar-refractivity contribution in [1.82, 2.24) is 24.4 Å². The summed E-state index contributed by atoms with van der Waals surface area (Å²) in [7, 11) is 0. The third-order valence-corrected chi connectivity index (χ3v) is 4.02. The molecule has 1 amide bonds. The highest BCUT2D eigenvalue weighted by atomic mass is 16.6. The van der Waals surface area contributed by atoms with Gasteiger partial charge in [-0.05, 0) is 32.9 Å². The maximum Gasteiger partial charge on any atom is 0.410 e. The number of ether oxygens (including phenoxy) is 1. The third kappa shape index (κ3) is 4.22. The molecule has 0 aromatic carbocycles. The van der Waals surface area contributed by atoms with Crippen molar-refractivity contribution in [3.8, 4) is 0 Å². The largest absolute Gasteiger partial charge is 0.444 e. The van der Waals surface area contributed by atoms with Crippen molar-refractivity contribution in [2.75, 3.05) is 26.2 Å². The normalized spacial score (nSPS) is 16.2. The number of guanidine groups is 1. The van der Waals surface area contributed by atoms with Crippen LogP contribution in [0.2, 0.25) is 0 Å². The average Bonchev–Trinajstić information content (AvgIpc) is 3.01. The molecule has 1 aliphatic heterocycles. The Hall–Kier alpha value is -2.84. The summed E-state index contributed by atoms with van der Waals surface area (Å²) >= 11 is 0. The van der Waals surface area contributed by atoms with Crippen LogP contribution >= 0.6 is 0 Å². The van der Waals surface area contributed by atoms with Gasteiger partial charge in [-0.2, -0.15) is 0 Å². The Morgan fingerprint density at radius 2 is 1.88 bits per heavy atom. The van der Waals surface area contributed by atoms with Gasteiger partial charge in [-0.25, -0.2) is 9.79 Å². The summed E-state index contributed by atoms with van der Waals surface area (Å²) in [4.78, 5) is 20.2. The number of piperazine rings is 1. The van der Waals surface area contributed by atoms with Crippen molar-refractivity contribution in [3.63, 3.8) is 0 Å². The Bertz CT molecular complexity index is 801. The molecule has 2 aromatic heterocycles. The van der Waals surface area contributed by atoms with Crippen LogP contribution in [0.4, 0.5) is 4.79 Å². The molecule has 0 saturated carbocycles. The summed E-state index contributed by atoms with van der Waals surface area (Å²) < 4.78 is 7.29. The fourth-order valence-electron chi connectivity index (χ4n) is 2.70. The minimum atomic E-state index is -0.490. The van der Waals surface area contributed by atoms with E-state index in [2.05, 4.69) is 15.2 Å². The van der Waals surface area contributed by atoms with Crippen LogP contribution in [0.3, 0.4) is 0 Å². The van der Waals surface area contributed by atoms with Crippen LogP contribution in [0.15, 0.2) is 29.4 Å². The summed E-state index contributed by atoms with van der Waals surface area (Å²) in [5, 5.41) is 8.24. The maximum atomic E-state index is 12.1. The van der Waals surface area contributed by atoms with Crippen LogP contribution in [-0.2, 0) is 11.3 Å². The van der Waals surface area contributed by atoms with Crippen molar-refractivity contribution in [3.05, 3.63) is 30.2 Å². The van der Waals surface area contributed by atoms with Crippen molar-refractivity contribution in [1.29, 1.82) is 0 Å². The number of rotatable bonds is 2. The number of aromatic nitrogens is 3. The summed E-state index contributed by atoms with van der Waals surface area (Å²) in [5.74, 6) is 1.18. The Balaban J connectivity index is 1.55. The fourth-order valence-corrected chi connectivity index (χ4v) is 2.70. The van der Waals surface area contributed by atoms with Gasteiger partial charge in [0.25, 0.3) is 0 Å². The number of fused-ring (bicyclic) bond motifs is 1. The molecule has 2 N–H and O–H groups in total. The van der Waals surface area contributed by atoms with Crippen LogP contribution in [0.1, 0.15) is 26.6 Å². The van der Waals surface area contributed by atoms with E-state index in [4.69, 9.17) is 10.5 Å². The van der Waals surface area contributed by atoms with Gasteiger partial charge < -0.3 is 20.3 Å². The van der Waals surface area contributed by atoms with Gasteiger partial charge in [-0.1, -0.05) is 6.07 Å². The van der Waals surface area contributed by atoms with Crippen LogP contribution in [-0.4, -0.2) is 68.2 Å². The number of nitrogens with zero attached hydrogens (tertiary/aromatic N) is 6. The second kappa shape index (κ2) is 7.19. The number of amides is 1. The highest BCUT2D eigenvalue weighted by molar-refractivity contribution is 5.78. The first-order valence-electron chi connectivity index (χ1n) is 8.65. The highest BCUT2D eigenvalue weighted by Gasteiger charge is 2.26. The van der Waals surface area contributed by atoms with Crippen molar-refractivity contribution >= 4 is 17.7 Å². The zero-order valence-corrected chi connectivity index (χ0v) is 15.4. The monoisotopic (exact) mass is 359 g/mol. The molecule has 0 spiro atoms. The quantitative estimate of drug-likeness (QED) is 0.636. The maximum absolute atomic E-state index is 12.1. The molecule has 2 aromatic rings. The lowest BCUT2D eigenvalue weighted by Gasteiger charge is -2.36. The molecule has 1 fully saturated rings. The third-order valence-electron chi connectivity index (χ3n) is 4.02. The van der Waals surface area contributed by atoms with E-state index in [1.54, 1.807) is 4.90 Å². The number of nitrogens with two attached hydrogens (primary N) is 1. The van der Waals surface area contributed by atoms with Crippen LogP contribution in [0.25, 0.3) is 5.65 Å². The molecule has 1 aliphatic rings. The van der Waals surface area contributed by atoms with Crippen LogP contribution in [0.5, 0.6) is 0 Å². The predicted molar refractivity (Wildman–Crippen MR) is 97.7 cm³/mol. The number of pyridine rings is 1. The van der Waals surface area contributed by atoms with Gasteiger partial charge in [0.15, 0.2) is 17.4 Å². The molecular formula is C17H25N7O2. The molecule has 140 valence electrons. The average molecular weight is 359 g/mol. The highest BCUT2D eigenvalue weighted by Crippen LogP contribution is 2.12. The lowest BCUT2D eigenvalue weighted by atomic mass is 10.2. The number of carbonyl (C=O) groups excluding carboxylic acids is 1. The van der Waals surface area contributed by atoms with Gasteiger partial charge in [0.1, 0.15) is 12.1 Å². The Labute approximate surface area is 152 Å². The summed E-state index contributed by atoms with van der Waals surface area (Å²) in [6.45, 7) is 8.28. The molecule has 1 saturated heterocycles. The van der Waals surface area contributed by atoms with E-state index >= 15 is 0 Å². The van der Waals surface area contributed by atoms with Crippen LogP contribution in [0, 0.1) is 0 Å². The first kappa shape index (κ1) is 18.0. The number of hydrogen-bond acceptors (Lipinski definition) is 5. The minimum absolute atomic E-state index is 0.289. The zero-order valence-electron chi connectivity index (χ0n) is 15.4. The van der Waals surface area contributed by atoms with Gasteiger partial charge in [-0.3, -0.25) is 4.40 Å². The Morgan fingerprint density at radius 3 is 2.58 bits per heavy atom. The first-order chi connectivity index (χ1) is 12.3. The van der Waals surface area contributed by atoms with E-state index in [1.807, 2.05) is 54.5 Å². The van der Waals surface area contributed by atoms with Crippen LogP contribution < -0.4 is 5.73 Å². The zero-order chi connectivity index (χ0) is 18.7. The molecule has 3 rings (SSSR count). The van der Waals surface area contributed by atoms with Gasteiger partial charge in [0.2, 0.25) is 0 Å². The second-order valence-corrected chi connectivity index (χ2v) is 7.17. The van der Waals surface area contributed by atoms with Gasteiger partial charge >= 0.3 is 6.09 Å². The molecule has 0 bridgehead atoms. The summed E-state index contributed by atoms with van der Waals surface area (Å²) in [6.07, 6.45) is 1.61. The second-order valence-electron chi connectivity index (χ2n) is 7.17. The predicted octanol–water partition coefficient (Wildman–Crippen LogP) is 1.10. The van der Waals surface area contributed by atoms with E-state index in [1.165, 1.54) is 0 Å². The molecule has 0 radical (unpaired) electrons. The van der Waals surface area contributed by atoms with Crippen molar-refractivity contribution in [2.45, 2.75) is 32.9 Å². The van der Waals surface area contributed by atoms with Gasteiger partial charge in [0, 0.05) is 32.4 Å². The number of carbonyl (C=O) groups is 1. The molecular weight excluding hydrogens is 334 g/mol. The van der Waals surface area contributed by atoms with Gasteiger partial charge in [0.05, 0.1) is 0 Å². The summed E-state index contributed by atoms with van der Waals surface area (Å²) in [5.41, 5.74) is 6.41. The smallest absolute Gasteiger partial charge is 0.410 e.